The third kappa shape index (κ3) is 3.23. The molecule has 0 amide bonds. The lowest BCUT2D eigenvalue weighted by Crippen LogP contribution is -2.33. The molecule has 3 aromatic rings. The molecule has 0 aliphatic carbocycles. The number of nitrogens with one attached hydrogen (secondary N) is 1. The first kappa shape index (κ1) is 16.0. The van der Waals surface area contributed by atoms with Crippen molar-refractivity contribution in [3.63, 3.8) is 0 Å². The summed E-state index contributed by atoms with van der Waals surface area (Å²) in [5.74, 6) is -0.475. The number of aliphatic hydroxyl groups is 1. The number of anilines is 1. The van der Waals surface area contributed by atoms with E-state index in [1.165, 1.54) is 22.8 Å². The van der Waals surface area contributed by atoms with E-state index < -0.39 is 10.8 Å². The van der Waals surface area contributed by atoms with Crippen LogP contribution in [0.4, 0.5) is 11.4 Å². The van der Waals surface area contributed by atoms with E-state index in [0.717, 1.165) is 10.8 Å². The van der Waals surface area contributed by atoms with Gasteiger partial charge in [-0.3, -0.25) is 10.1 Å². The highest BCUT2D eigenvalue weighted by Crippen LogP contribution is 2.24. The molecule has 7 nitrogen and oxygen atoms in total. The second-order valence-electron chi connectivity index (χ2n) is 5.19. The van der Waals surface area contributed by atoms with Crippen molar-refractivity contribution >= 4 is 27.8 Å². The Morgan fingerprint density at radius 3 is 2.52 bits per heavy atom. The van der Waals surface area contributed by atoms with Crippen LogP contribution in [0.1, 0.15) is 0 Å². The molecule has 0 saturated heterocycles. The van der Waals surface area contributed by atoms with Gasteiger partial charge >= 0.3 is 5.70 Å². The highest BCUT2D eigenvalue weighted by Gasteiger charge is 2.20. The number of allylic oxidation sites excluding steroid dienone is 1. The van der Waals surface area contributed by atoms with Crippen LogP contribution in [0.3, 0.4) is 0 Å². The second-order valence-corrected chi connectivity index (χ2v) is 5.19. The number of fused-ring (bicyclic) bond motifs is 1. The van der Waals surface area contributed by atoms with Crippen LogP contribution in [-0.2, 0) is 0 Å². The zero-order valence-corrected chi connectivity index (χ0v) is 13.0. The zero-order chi connectivity index (χ0) is 17.8. The molecule has 0 radical (unpaired) electrons. The molecule has 0 atom stereocenters. The molecule has 1 aromatic heterocycles. The highest BCUT2D eigenvalue weighted by molar-refractivity contribution is 5.80. The van der Waals surface area contributed by atoms with Crippen molar-refractivity contribution in [2.24, 2.45) is 0 Å². The number of nitrogens with zero attached hydrogens (tertiary/aromatic N) is 3. The Hall–Kier alpha value is -3.92. The molecule has 3 rings (SSSR count). The molecule has 25 heavy (non-hydrogen) atoms. The maximum Gasteiger partial charge on any atom is 0.349 e. The second kappa shape index (κ2) is 6.68. The summed E-state index contributed by atoms with van der Waals surface area (Å²) in [6, 6.07) is 17.2. The first-order valence-corrected chi connectivity index (χ1v) is 7.34. The number of nitriles is 1. The van der Waals surface area contributed by atoms with Crippen LogP contribution < -0.4 is 9.88 Å². The molecular weight excluding hydrogens is 320 g/mol. The maximum absolute atomic E-state index is 11.1. The molecule has 7 heteroatoms. The van der Waals surface area contributed by atoms with Gasteiger partial charge in [0.2, 0.25) is 0 Å². The Bertz CT molecular complexity index is 1040. The monoisotopic (exact) mass is 333 g/mol. The molecular formula is C18H13N4O3+. The summed E-state index contributed by atoms with van der Waals surface area (Å²) in [5, 5.41) is 35.2. The number of aromatic nitrogens is 1. The third-order valence-electron chi connectivity index (χ3n) is 3.63. The summed E-state index contributed by atoms with van der Waals surface area (Å²) in [7, 11) is 0. The standard InChI is InChI=1S/C18H12N4O3/c19-11-17(21-10-9-13-5-1-2-6-14(13)12-21)18(23)20-15-7-3-4-8-16(15)22(24)25/h1-10,12,20H/p+1/b18-17+. The summed E-state index contributed by atoms with van der Waals surface area (Å²) >= 11 is 0. The molecule has 0 unspecified atom stereocenters. The molecule has 0 bridgehead atoms. The average molecular weight is 333 g/mol. The van der Waals surface area contributed by atoms with Gasteiger partial charge in [-0.15, -0.1) is 0 Å². The van der Waals surface area contributed by atoms with E-state index in [0.29, 0.717) is 0 Å². The predicted molar refractivity (Wildman–Crippen MR) is 92.3 cm³/mol. The summed E-state index contributed by atoms with van der Waals surface area (Å²) in [5.41, 5.74) is -0.183. The number of para-hydroxylation sites is 2. The van der Waals surface area contributed by atoms with E-state index in [4.69, 9.17) is 0 Å². The number of pyridine rings is 1. The van der Waals surface area contributed by atoms with E-state index in [-0.39, 0.29) is 17.1 Å². The van der Waals surface area contributed by atoms with Crippen LogP contribution >= 0.6 is 0 Å². The van der Waals surface area contributed by atoms with E-state index in [1.54, 1.807) is 18.5 Å². The van der Waals surface area contributed by atoms with Gasteiger partial charge < -0.3 is 10.4 Å². The van der Waals surface area contributed by atoms with Gasteiger partial charge in [-0.1, -0.05) is 30.3 Å². The van der Waals surface area contributed by atoms with Gasteiger partial charge in [0.05, 0.1) is 4.92 Å². The van der Waals surface area contributed by atoms with Gasteiger partial charge in [0.15, 0.2) is 18.5 Å². The number of benzene rings is 2. The van der Waals surface area contributed by atoms with Crippen LogP contribution in [-0.4, -0.2) is 10.0 Å². The SMILES string of the molecule is N#C/C(=C(\O)Nc1ccccc1[N+](=O)[O-])[n+]1ccc2ccccc2c1. The Kier molecular flexibility index (Phi) is 4.26. The van der Waals surface area contributed by atoms with Crippen LogP contribution in [0.25, 0.3) is 16.5 Å². The fourth-order valence-electron chi connectivity index (χ4n) is 2.43. The topological polar surface area (TPSA) is 103 Å². The fraction of sp³-hybridized carbons (Fsp3) is 0. The molecule has 2 aromatic carbocycles. The molecule has 2 N–H and O–H groups in total. The largest absolute Gasteiger partial charge is 0.489 e. The molecule has 0 fully saturated rings. The van der Waals surface area contributed by atoms with Crippen molar-refractivity contribution in [2.45, 2.75) is 0 Å². The van der Waals surface area contributed by atoms with E-state index in [9.17, 15) is 20.5 Å². The summed E-state index contributed by atoms with van der Waals surface area (Å²) in [4.78, 5) is 10.5. The van der Waals surface area contributed by atoms with Gasteiger partial charge in [-0.05, 0) is 17.5 Å². The van der Waals surface area contributed by atoms with Crippen molar-refractivity contribution in [1.29, 1.82) is 5.26 Å². The molecule has 0 saturated carbocycles. The molecule has 1 heterocycles. The Morgan fingerprint density at radius 1 is 1.12 bits per heavy atom. The molecule has 0 aliphatic heterocycles. The van der Waals surface area contributed by atoms with Gasteiger partial charge in [0, 0.05) is 17.5 Å². The maximum atomic E-state index is 11.1. The number of hydrogen-bond donors (Lipinski definition) is 2. The number of nitro benzene ring substituents is 1. The van der Waals surface area contributed by atoms with Gasteiger partial charge in [-0.2, -0.15) is 9.83 Å². The molecule has 0 aliphatic rings. The first-order valence-electron chi connectivity index (χ1n) is 7.34. The first-order chi connectivity index (χ1) is 12.1. The van der Waals surface area contributed by atoms with Crippen LogP contribution in [0.5, 0.6) is 0 Å². The number of nitro groups is 1. The minimum absolute atomic E-state index is 0.0797. The van der Waals surface area contributed by atoms with Crippen molar-refractivity contribution < 1.29 is 14.6 Å². The van der Waals surface area contributed by atoms with Crippen molar-refractivity contribution in [3.05, 3.63) is 83.0 Å². The Balaban J connectivity index is 2.03. The lowest BCUT2D eigenvalue weighted by molar-refractivity contribution is -0.577. The molecule has 0 spiro atoms. The van der Waals surface area contributed by atoms with E-state index >= 15 is 0 Å². The van der Waals surface area contributed by atoms with Crippen LogP contribution in [0.15, 0.2) is 72.9 Å². The molecule has 122 valence electrons. The van der Waals surface area contributed by atoms with Gasteiger partial charge in [0.25, 0.3) is 11.6 Å². The lowest BCUT2D eigenvalue weighted by atomic mass is 10.2. The van der Waals surface area contributed by atoms with Crippen LogP contribution in [0.2, 0.25) is 0 Å². The quantitative estimate of drug-likeness (QED) is 0.250. The number of hydrogen-bond acceptors (Lipinski definition) is 5. The Labute approximate surface area is 142 Å². The normalized spacial score (nSPS) is 11.5. The summed E-state index contributed by atoms with van der Waals surface area (Å²) in [6.07, 6.45) is 3.34. The van der Waals surface area contributed by atoms with Crippen LogP contribution in [0, 0.1) is 21.4 Å². The van der Waals surface area contributed by atoms with Gasteiger partial charge in [0.1, 0.15) is 5.69 Å². The summed E-state index contributed by atoms with van der Waals surface area (Å²) in [6.45, 7) is 0. The van der Waals surface area contributed by atoms with E-state index in [2.05, 4.69) is 5.32 Å². The van der Waals surface area contributed by atoms with Crippen molar-refractivity contribution in [1.82, 2.24) is 0 Å². The highest BCUT2D eigenvalue weighted by atomic mass is 16.6. The summed E-state index contributed by atoms with van der Waals surface area (Å²) < 4.78 is 1.46. The number of rotatable bonds is 4. The zero-order valence-electron chi connectivity index (χ0n) is 13.0. The lowest BCUT2D eigenvalue weighted by Gasteiger charge is -2.05. The Morgan fingerprint density at radius 2 is 1.80 bits per heavy atom. The van der Waals surface area contributed by atoms with Crippen molar-refractivity contribution in [2.75, 3.05) is 5.32 Å². The minimum atomic E-state index is -0.565. The predicted octanol–water partition coefficient (Wildman–Crippen LogP) is 3.36. The van der Waals surface area contributed by atoms with Crippen molar-refractivity contribution in [3.8, 4) is 6.07 Å². The number of aliphatic hydroxyl groups excluding tert-OH is 1. The van der Waals surface area contributed by atoms with Gasteiger partial charge in [-0.25, -0.2) is 0 Å². The third-order valence-corrected chi connectivity index (χ3v) is 3.63. The van der Waals surface area contributed by atoms with E-state index in [1.807, 2.05) is 36.4 Å². The smallest absolute Gasteiger partial charge is 0.349 e. The fourth-order valence-corrected chi connectivity index (χ4v) is 2.43. The minimum Gasteiger partial charge on any atom is -0.489 e. The average Bonchev–Trinajstić information content (AvgIpc) is 2.62.